The van der Waals surface area contributed by atoms with Gasteiger partial charge in [-0.1, -0.05) is 6.07 Å². The van der Waals surface area contributed by atoms with Crippen molar-refractivity contribution in [2.24, 2.45) is 17.8 Å². The molecule has 0 atom stereocenters. The minimum absolute atomic E-state index is 0.213. The Morgan fingerprint density at radius 1 is 1.31 bits per heavy atom. The number of guanidine groups is 1. The van der Waals surface area contributed by atoms with Crippen LogP contribution in [-0.4, -0.2) is 43.7 Å². The molecule has 0 aliphatic carbocycles. The summed E-state index contributed by atoms with van der Waals surface area (Å²) in [6.45, 7) is 3.86. The van der Waals surface area contributed by atoms with Gasteiger partial charge < -0.3 is 15.6 Å². The third-order valence-electron chi connectivity index (χ3n) is 4.75. The molecule has 0 spiro atoms. The molecule has 0 radical (unpaired) electrons. The van der Waals surface area contributed by atoms with Crippen LogP contribution in [0.1, 0.15) is 18.4 Å². The number of aliphatic imine (C=N–C) groups is 1. The summed E-state index contributed by atoms with van der Waals surface area (Å²) in [6.07, 6.45) is 3.88. The molecule has 1 saturated heterocycles. The molecule has 3 N–H and O–H groups in total. The maximum Gasteiger partial charge on any atom is 0.277 e. The van der Waals surface area contributed by atoms with Gasteiger partial charge in [-0.2, -0.15) is 5.10 Å². The number of likely N-dealkylation sites (tertiary alicyclic amines) is 1. The molecule has 0 bridgehead atoms. The molecule has 1 aliphatic rings. The molecule has 3 aromatic rings. The molecule has 4 rings (SSSR count). The second-order valence-corrected chi connectivity index (χ2v) is 6.58. The van der Waals surface area contributed by atoms with Crippen LogP contribution in [0.2, 0.25) is 0 Å². The second-order valence-electron chi connectivity index (χ2n) is 6.58. The van der Waals surface area contributed by atoms with Crippen molar-refractivity contribution < 1.29 is 0 Å². The number of aromatic nitrogens is 4. The number of H-pyrrole nitrogens is 1. The van der Waals surface area contributed by atoms with Gasteiger partial charge in [-0.3, -0.25) is 9.48 Å². The molecule has 1 fully saturated rings. The Balaban J connectivity index is 1.77. The van der Waals surface area contributed by atoms with Crippen LogP contribution in [-0.2, 0) is 7.05 Å². The largest absolute Gasteiger partial charge is 0.369 e. The molecule has 134 valence electrons. The summed E-state index contributed by atoms with van der Waals surface area (Å²) in [5.41, 5.74) is 9.50. The van der Waals surface area contributed by atoms with E-state index in [-0.39, 0.29) is 5.56 Å². The van der Waals surface area contributed by atoms with Crippen molar-refractivity contribution in [3.05, 3.63) is 40.3 Å². The van der Waals surface area contributed by atoms with Crippen molar-refractivity contribution in [1.82, 2.24) is 24.6 Å². The molecule has 0 saturated carbocycles. The molecule has 0 unspecified atom stereocenters. The van der Waals surface area contributed by atoms with E-state index in [1.807, 2.05) is 25.1 Å². The van der Waals surface area contributed by atoms with Gasteiger partial charge in [0.05, 0.1) is 11.9 Å². The highest BCUT2D eigenvalue weighted by Gasteiger charge is 2.15. The number of aromatic amines is 1. The lowest BCUT2D eigenvalue weighted by Gasteiger charge is -2.16. The normalized spacial score (nSPS) is 15.2. The first-order valence-corrected chi connectivity index (χ1v) is 8.65. The van der Waals surface area contributed by atoms with Crippen molar-refractivity contribution in [3.8, 4) is 11.4 Å². The smallest absolute Gasteiger partial charge is 0.277 e. The molecule has 8 heteroatoms. The number of hydrogen-bond acceptors (Lipinski definition) is 4. The average Bonchev–Trinajstić information content (AvgIpc) is 3.27. The summed E-state index contributed by atoms with van der Waals surface area (Å²) in [7, 11) is 1.72. The summed E-state index contributed by atoms with van der Waals surface area (Å²) in [5.74, 6) is 1.03. The first kappa shape index (κ1) is 16.3. The fourth-order valence-electron chi connectivity index (χ4n) is 3.30. The quantitative estimate of drug-likeness (QED) is 0.540. The van der Waals surface area contributed by atoms with Crippen molar-refractivity contribution in [3.63, 3.8) is 0 Å². The zero-order valence-electron chi connectivity index (χ0n) is 14.9. The van der Waals surface area contributed by atoms with Gasteiger partial charge in [0.2, 0.25) is 0 Å². The molecular formula is C18H21N7O. The predicted octanol–water partition coefficient (Wildman–Crippen LogP) is 1.67. The molecule has 2 aromatic heterocycles. The standard InChI is InChI=1S/C18H21N7O/c1-11-5-6-12(21-18(19)25-7-3-4-8-25)9-13(11)16-22-14-10-20-24(2)15(14)17(26)23-16/h5-6,9-10H,3-4,7-8H2,1-2H3,(H2,19,21)(H,22,23,26). The molecular weight excluding hydrogens is 330 g/mol. The monoisotopic (exact) mass is 351 g/mol. The third kappa shape index (κ3) is 2.83. The van der Waals surface area contributed by atoms with Gasteiger partial charge in [-0.15, -0.1) is 0 Å². The van der Waals surface area contributed by atoms with E-state index in [4.69, 9.17) is 5.73 Å². The average molecular weight is 351 g/mol. The van der Waals surface area contributed by atoms with E-state index in [0.29, 0.717) is 22.8 Å². The van der Waals surface area contributed by atoms with E-state index in [9.17, 15) is 4.79 Å². The fraction of sp³-hybridized carbons (Fsp3) is 0.333. The van der Waals surface area contributed by atoms with Gasteiger partial charge >= 0.3 is 0 Å². The van der Waals surface area contributed by atoms with Crippen LogP contribution in [0.5, 0.6) is 0 Å². The van der Waals surface area contributed by atoms with Crippen molar-refractivity contribution in [2.45, 2.75) is 19.8 Å². The summed E-state index contributed by atoms with van der Waals surface area (Å²) in [5, 5.41) is 4.11. The lowest BCUT2D eigenvalue weighted by atomic mass is 10.1. The highest BCUT2D eigenvalue weighted by molar-refractivity contribution is 5.82. The van der Waals surface area contributed by atoms with E-state index in [1.165, 1.54) is 4.68 Å². The van der Waals surface area contributed by atoms with E-state index < -0.39 is 0 Å². The maximum absolute atomic E-state index is 12.4. The Hall–Kier alpha value is -3.16. The van der Waals surface area contributed by atoms with Gasteiger partial charge in [0.15, 0.2) is 11.5 Å². The highest BCUT2D eigenvalue weighted by Crippen LogP contribution is 2.26. The third-order valence-corrected chi connectivity index (χ3v) is 4.75. The number of rotatable bonds is 2. The van der Waals surface area contributed by atoms with Crippen LogP contribution < -0.4 is 11.3 Å². The van der Waals surface area contributed by atoms with E-state index in [1.54, 1.807) is 13.2 Å². The number of fused-ring (bicyclic) bond motifs is 1. The lowest BCUT2D eigenvalue weighted by Crippen LogP contribution is -2.34. The SMILES string of the molecule is Cc1ccc(N=C(N)N2CCCC2)cc1-c1nc2cnn(C)c2c(=O)[nH]1. The van der Waals surface area contributed by atoms with Crippen molar-refractivity contribution in [1.29, 1.82) is 0 Å². The zero-order chi connectivity index (χ0) is 18.3. The summed E-state index contributed by atoms with van der Waals surface area (Å²) < 4.78 is 1.52. The Morgan fingerprint density at radius 2 is 2.08 bits per heavy atom. The molecule has 1 aromatic carbocycles. The van der Waals surface area contributed by atoms with Crippen LogP contribution in [0.25, 0.3) is 22.4 Å². The minimum Gasteiger partial charge on any atom is -0.369 e. The number of nitrogens with one attached hydrogen (secondary N) is 1. The Kier molecular flexibility index (Phi) is 3.95. The number of nitrogens with zero attached hydrogens (tertiary/aromatic N) is 5. The van der Waals surface area contributed by atoms with E-state index >= 15 is 0 Å². The highest BCUT2D eigenvalue weighted by atomic mass is 16.1. The molecule has 3 heterocycles. The molecule has 8 nitrogen and oxygen atoms in total. The number of benzene rings is 1. The molecule has 26 heavy (non-hydrogen) atoms. The second kappa shape index (κ2) is 6.29. The van der Waals surface area contributed by atoms with Gasteiger partial charge in [0, 0.05) is 25.7 Å². The molecule has 1 aliphatic heterocycles. The van der Waals surface area contributed by atoms with Crippen LogP contribution >= 0.6 is 0 Å². The number of nitrogens with two attached hydrogens (primary N) is 1. The van der Waals surface area contributed by atoms with Gasteiger partial charge in [0.1, 0.15) is 11.3 Å². The predicted molar refractivity (Wildman–Crippen MR) is 101 cm³/mol. The van der Waals surface area contributed by atoms with Crippen LogP contribution in [0.15, 0.2) is 34.2 Å². The van der Waals surface area contributed by atoms with Crippen LogP contribution in [0.3, 0.4) is 0 Å². The summed E-state index contributed by atoms with van der Waals surface area (Å²) in [6, 6.07) is 5.78. The first-order valence-electron chi connectivity index (χ1n) is 8.65. The van der Waals surface area contributed by atoms with Gasteiger partial charge in [0.25, 0.3) is 5.56 Å². The fourth-order valence-corrected chi connectivity index (χ4v) is 3.30. The first-order chi connectivity index (χ1) is 12.5. The van der Waals surface area contributed by atoms with Gasteiger partial charge in [-0.25, -0.2) is 9.98 Å². The van der Waals surface area contributed by atoms with E-state index in [0.717, 1.165) is 42.7 Å². The summed E-state index contributed by atoms with van der Waals surface area (Å²) >= 11 is 0. The number of aryl methyl sites for hydroxylation is 2. The minimum atomic E-state index is -0.213. The topological polar surface area (TPSA) is 105 Å². The lowest BCUT2D eigenvalue weighted by molar-refractivity contribution is 0.513. The molecule has 0 amide bonds. The van der Waals surface area contributed by atoms with Crippen molar-refractivity contribution in [2.75, 3.05) is 13.1 Å². The Labute approximate surface area is 150 Å². The van der Waals surface area contributed by atoms with Crippen molar-refractivity contribution >= 4 is 22.7 Å². The zero-order valence-corrected chi connectivity index (χ0v) is 14.9. The van der Waals surface area contributed by atoms with Crippen LogP contribution in [0.4, 0.5) is 5.69 Å². The number of hydrogen-bond donors (Lipinski definition) is 2. The van der Waals surface area contributed by atoms with Gasteiger partial charge in [-0.05, 0) is 37.5 Å². The Morgan fingerprint density at radius 3 is 2.85 bits per heavy atom. The van der Waals surface area contributed by atoms with Crippen LogP contribution in [0, 0.1) is 6.92 Å². The summed E-state index contributed by atoms with van der Waals surface area (Å²) in [4.78, 5) is 26.4. The van der Waals surface area contributed by atoms with E-state index in [2.05, 4.69) is 25.0 Å². The maximum atomic E-state index is 12.4. The Bertz CT molecular complexity index is 1060.